The average molecular weight is 473 g/mol. The molecule has 0 saturated carbocycles. The molecule has 8 nitrogen and oxygen atoms in total. The first kappa shape index (κ1) is 22.1. The predicted molar refractivity (Wildman–Crippen MR) is 108 cm³/mol. The maximum absolute atomic E-state index is 12.6. The molecule has 0 spiro atoms. The van der Waals surface area contributed by atoms with Crippen molar-refractivity contribution in [2.24, 2.45) is 0 Å². The largest absolute Gasteiger partial charge is 0.490 e. The lowest BCUT2D eigenvalue weighted by molar-refractivity contribution is -0.386. The first-order valence-electron chi connectivity index (χ1n) is 8.59. The maximum Gasteiger partial charge on any atom is 0.312 e. The van der Waals surface area contributed by atoms with Gasteiger partial charge in [0, 0.05) is 23.6 Å². The molecule has 0 bridgehead atoms. The van der Waals surface area contributed by atoms with Crippen molar-refractivity contribution in [1.29, 1.82) is 0 Å². The summed E-state index contributed by atoms with van der Waals surface area (Å²) in [4.78, 5) is 10.6. The van der Waals surface area contributed by atoms with Crippen LogP contribution >= 0.6 is 15.9 Å². The van der Waals surface area contributed by atoms with E-state index in [-0.39, 0.29) is 36.9 Å². The number of rotatable bonds is 10. The Hall–Kier alpha value is -2.17. The van der Waals surface area contributed by atoms with Crippen LogP contribution in [0.3, 0.4) is 0 Å². The van der Waals surface area contributed by atoms with Crippen molar-refractivity contribution in [3.63, 3.8) is 0 Å². The van der Waals surface area contributed by atoms with Crippen LogP contribution in [0.2, 0.25) is 0 Å². The van der Waals surface area contributed by atoms with Gasteiger partial charge in [-0.2, -0.15) is 4.31 Å². The zero-order valence-electron chi connectivity index (χ0n) is 15.5. The molecule has 0 aromatic heterocycles. The highest BCUT2D eigenvalue weighted by Crippen LogP contribution is 2.31. The topological polar surface area (TPSA) is 99.0 Å². The molecule has 0 atom stereocenters. The third kappa shape index (κ3) is 5.43. The van der Waals surface area contributed by atoms with Crippen LogP contribution in [0.4, 0.5) is 5.69 Å². The summed E-state index contributed by atoms with van der Waals surface area (Å²) in [6.07, 6.45) is 0. The minimum Gasteiger partial charge on any atom is -0.490 e. The Balaban J connectivity index is 2.11. The second kappa shape index (κ2) is 9.85. The van der Waals surface area contributed by atoms with Gasteiger partial charge in [-0.1, -0.05) is 35.8 Å². The Labute approximate surface area is 172 Å². The standard InChI is InChI=1S/C18H21BrN2O6S/c1-3-20(4-2)28(24,25)16-8-9-18(17(13-16)21(22)23)27-11-10-26-15-7-5-6-14(19)12-15/h5-9,12-13H,3-4,10-11H2,1-2H3. The number of hydrogen-bond acceptors (Lipinski definition) is 6. The van der Waals surface area contributed by atoms with Crippen LogP contribution in [0.1, 0.15) is 13.8 Å². The van der Waals surface area contributed by atoms with E-state index in [1.54, 1.807) is 26.0 Å². The molecule has 0 aliphatic carbocycles. The number of nitrogens with zero attached hydrogens (tertiary/aromatic N) is 2. The molecule has 152 valence electrons. The summed E-state index contributed by atoms with van der Waals surface area (Å²) in [5, 5.41) is 11.4. The van der Waals surface area contributed by atoms with Crippen molar-refractivity contribution in [1.82, 2.24) is 4.31 Å². The van der Waals surface area contributed by atoms with Gasteiger partial charge in [0.2, 0.25) is 10.0 Å². The molecule has 2 aromatic rings. The van der Waals surface area contributed by atoms with Crippen molar-refractivity contribution in [2.75, 3.05) is 26.3 Å². The van der Waals surface area contributed by atoms with Gasteiger partial charge < -0.3 is 9.47 Å². The predicted octanol–water partition coefficient (Wildman–Crippen LogP) is 3.85. The Kier molecular flexibility index (Phi) is 7.78. The van der Waals surface area contributed by atoms with Crippen LogP contribution < -0.4 is 9.47 Å². The van der Waals surface area contributed by atoms with Crippen molar-refractivity contribution >= 4 is 31.6 Å². The minimum atomic E-state index is -3.80. The molecule has 0 heterocycles. The highest BCUT2D eigenvalue weighted by molar-refractivity contribution is 9.10. The van der Waals surface area contributed by atoms with E-state index in [1.807, 2.05) is 12.1 Å². The monoisotopic (exact) mass is 472 g/mol. The smallest absolute Gasteiger partial charge is 0.312 e. The third-order valence-electron chi connectivity index (χ3n) is 3.88. The third-order valence-corrected chi connectivity index (χ3v) is 6.42. The van der Waals surface area contributed by atoms with E-state index in [1.165, 1.54) is 16.4 Å². The van der Waals surface area contributed by atoms with Crippen molar-refractivity contribution in [3.8, 4) is 11.5 Å². The van der Waals surface area contributed by atoms with E-state index >= 15 is 0 Å². The van der Waals surface area contributed by atoms with Crippen molar-refractivity contribution in [2.45, 2.75) is 18.7 Å². The quantitative estimate of drug-likeness (QED) is 0.295. The van der Waals surface area contributed by atoms with Gasteiger partial charge in [-0.25, -0.2) is 8.42 Å². The lowest BCUT2D eigenvalue weighted by Crippen LogP contribution is -2.30. The number of nitro groups is 1. The summed E-state index contributed by atoms with van der Waals surface area (Å²) in [7, 11) is -3.80. The number of ether oxygens (including phenoxy) is 2. The normalized spacial score (nSPS) is 11.4. The first-order valence-corrected chi connectivity index (χ1v) is 10.8. The molecule has 0 saturated heterocycles. The molecule has 0 radical (unpaired) electrons. The Morgan fingerprint density at radius 2 is 1.75 bits per heavy atom. The highest BCUT2D eigenvalue weighted by atomic mass is 79.9. The van der Waals surface area contributed by atoms with Crippen LogP contribution in [0.5, 0.6) is 11.5 Å². The first-order chi connectivity index (χ1) is 13.3. The van der Waals surface area contributed by atoms with Crippen LogP contribution in [0.25, 0.3) is 0 Å². The summed E-state index contributed by atoms with van der Waals surface area (Å²) in [5.41, 5.74) is -0.407. The number of nitro benzene ring substituents is 1. The van der Waals surface area contributed by atoms with Gasteiger partial charge in [-0.05, 0) is 30.3 Å². The molecule has 10 heteroatoms. The molecule has 0 aliphatic rings. The van der Waals surface area contributed by atoms with Gasteiger partial charge in [0.1, 0.15) is 19.0 Å². The van der Waals surface area contributed by atoms with E-state index in [4.69, 9.17) is 9.47 Å². The number of halogens is 1. The summed E-state index contributed by atoms with van der Waals surface area (Å²) >= 11 is 3.34. The minimum absolute atomic E-state index is 0.0126. The molecule has 0 aliphatic heterocycles. The molecule has 0 fully saturated rings. The van der Waals surface area contributed by atoms with E-state index in [2.05, 4.69) is 15.9 Å². The van der Waals surface area contributed by atoms with E-state index in [0.29, 0.717) is 5.75 Å². The summed E-state index contributed by atoms with van der Waals surface area (Å²) in [5.74, 6) is 0.620. The van der Waals surface area contributed by atoms with E-state index in [9.17, 15) is 18.5 Å². The second-order valence-electron chi connectivity index (χ2n) is 5.63. The lowest BCUT2D eigenvalue weighted by Gasteiger charge is -2.18. The molecular weight excluding hydrogens is 452 g/mol. The van der Waals surface area contributed by atoms with Crippen LogP contribution in [-0.2, 0) is 10.0 Å². The Morgan fingerprint density at radius 1 is 1.07 bits per heavy atom. The van der Waals surface area contributed by atoms with Gasteiger partial charge in [-0.15, -0.1) is 0 Å². The van der Waals surface area contributed by atoms with Crippen LogP contribution in [0.15, 0.2) is 51.8 Å². The highest BCUT2D eigenvalue weighted by Gasteiger charge is 2.26. The number of benzene rings is 2. The molecule has 2 aromatic carbocycles. The molecule has 0 amide bonds. The van der Waals surface area contributed by atoms with Gasteiger partial charge in [0.25, 0.3) is 0 Å². The number of hydrogen-bond donors (Lipinski definition) is 0. The summed E-state index contributed by atoms with van der Waals surface area (Å²) in [6.45, 7) is 4.20. The fraction of sp³-hybridized carbons (Fsp3) is 0.333. The zero-order chi connectivity index (χ0) is 20.7. The molecule has 28 heavy (non-hydrogen) atoms. The fourth-order valence-electron chi connectivity index (χ4n) is 2.50. The summed E-state index contributed by atoms with van der Waals surface area (Å²) < 4.78 is 38.2. The van der Waals surface area contributed by atoms with Gasteiger partial charge >= 0.3 is 5.69 Å². The Bertz CT molecular complexity index is 931. The molecule has 2 rings (SSSR count). The van der Waals surface area contributed by atoms with Crippen LogP contribution in [0, 0.1) is 10.1 Å². The fourth-order valence-corrected chi connectivity index (χ4v) is 4.36. The van der Waals surface area contributed by atoms with Gasteiger partial charge in [-0.3, -0.25) is 10.1 Å². The SMILES string of the molecule is CCN(CC)S(=O)(=O)c1ccc(OCCOc2cccc(Br)c2)c([N+](=O)[O-])c1. The summed E-state index contributed by atoms with van der Waals surface area (Å²) in [6, 6.07) is 10.9. The Morgan fingerprint density at radius 3 is 2.36 bits per heavy atom. The van der Waals surface area contributed by atoms with Gasteiger partial charge in [0.05, 0.1) is 9.82 Å². The van der Waals surface area contributed by atoms with Gasteiger partial charge in [0.15, 0.2) is 5.75 Å². The second-order valence-corrected chi connectivity index (χ2v) is 8.48. The zero-order valence-corrected chi connectivity index (χ0v) is 17.9. The average Bonchev–Trinajstić information content (AvgIpc) is 2.66. The molecule has 0 N–H and O–H groups in total. The van der Waals surface area contributed by atoms with Crippen molar-refractivity contribution < 1.29 is 22.8 Å². The van der Waals surface area contributed by atoms with Crippen LogP contribution in [-0.4, -0.2) is 43.9 Å². The molecular formula is C18H21BrN2O6S. The van der Waals surface area contributed by atoms with E-state index in [0.717, 1.165) is 10.5 Å². The van der Waals surface area contributed by atoms with Crippen molar-refractivity contribution in [3.05, 3.63) is 57.1 Å². The maximum atomic E-state index is 12.6. The van der Waals surface area contributed by atoms with E-state index < -0.39 is 20.6 Å². The number of sulfonamides is 1. The lowest BCUT2D eigenvalue weighted by atomic mass is 10.3. The molecule has 0 unspecified atom stereocenters.